The highest BCUT2D eigenvalue weighted by molar-refractivity contribution is 7.99. The van der Waals surface area contributed by atoms with E-state index < -0.39 is 0 Å². The topological polar surface area (TPSA) is 51.0 Å². The van der Waals surface area contributed by atoms with Crippen LogP contribution in [0.5, 0.6) is 5.75 Å². The van der Waals surface area contributed by atoms with Gasteiger partial charge >= 0.3 is 0 Å². The second-order valence-corrected chi connectivity index (χ2v) is 5.90. The summed E-state index contributed by atoms with van der Waals surface area (Å²) in [6, 6.07) is 14.5. The standard InChI is InChI=1S/C17H18N2OS/c1-20-13-6-7-14-15(10-13)19-11-17(14)21-16-5-3-2-4-12(16)8-9-18/h2-7,10-11,19H,8-9,18H2,1H3. The summed E-state index contributed by atoms with van der Waals surface area (Å²) in [6.07, 6.45) is 2.95. The number of aromatic amines is 1. The Morgan fingerprint density at radius 2 is 2.00 bits per heavy atom. The summed E-state index contributed by atoms with van der Waals surface area (Å²) in [5.74, 6) is 0.865. The molecule has 21 heavy (non-hydrogen) atoms. The fourth-order valence-corrected chi connectivity index (χ4v) is 3.46. The van der Waals surface area contributed by atoms with Gasteiger partial charge in [-0.2, -0.15) is 0 Å². The first-order valence-corrected chi connectivity index (χ1v) is 7.74. The van der Waals surface area contributed by atoms with Crippen LogP contribution in [-0.2, 0) is 6.42 Å². The highest BCUT2D eigenvalue weighted by Crippen LogP contribution is 2.36. The SMILES string of the molecule is COc1ccc2c(Sc3ccccc3CCN)c[nH]c2c1. The molecule has 0 spiro atoms. The first kappa shape index (κ1) is 14.0. The van der Waals surface area contributed by atoms with Gasteiger partial charge in [-0.3, -0.25) is 0 Å². The van der Waals surface area contributed by atoms with E-state index in [-0.39, 0.29) is 0 Å². The molecular formula is C17H18N2OS. The van der Waals surface area contributed by atoms with Crippen LogP contribution in [-0.4, -0.2) is 18.6 Å². The minimum absolute atomic E-state index is 0.669. The van der Waals surface area contributed by atoms with Crippen molar-refractivity contribution in [1.29, 1.82) is 0 Å². The van der Waals surface area contributed by atoms with Crippen LogP contribution in [0.25, 0.3) is 10.9 Å². The van der Waals surface area contributed by atoms with Gasteiger partial charge < -0.3 is 15.5 Å². The zero-order valence-electron chi connectivity index (χ0n) is 11.9. The molecule has 0 radical (unpaired) electrons. The van der Waals surface area contributed by atoms with Crippen LogP contribution in [0.4, 0.5) is 0 Å². The summed E-state index contributed by atoms with van der Waals surface area (Å²) in [7, 11) is 1.68. The Bertz CT molecular complexity index is 751. The monoisotopic (exact) mass is 298 g/mol. The Labute approximate surface area is 128 Å². The fourth-order valence-electron chi connectivity index (χ4n) is 2.37. The van der Waals surface area contributed by atoms with Gasteiger partial charge in [0.05, 0.1) is 12.6 Å². The van der Waals surface area contributed by atoms with Gasteiger partial charge in [0.2, 0.25) is 0 Å². The van der Waals surface area contributed by atoms with E-state index in [1.807, 2.05) is 18.3 Å². The van der Waals surface area contributed by atoms with Crippen molar-refractivity contribution in [3.63, 3.8) is 0 Å². The summed E-state index contributed by atoms with van der Waals surface area (Å²) in [4.78, 5) is 5.79. The van der Waals surface area contributed by atoms with Crippen molar-refractivity contribution in [2.75, 3.05) is 13.7 Å². The predicted octanol–water partition coefficient (Wildman–Crippen LogP) is 3.83. The minimum atomic E-state index is 0.669. The molecule has 3 nitrogen and oxygen atoms in total. The van der Waals surface area contributed by atoms with Crippen LogP contribution in [0.3, 0.4) is 0 Å². The Morgan fingerprint density at radius 3 is 2.81 bits per heavy atom. The van der Waals surface area contributed by atoms with Crippen LogP contribution in [0, 0.1) is 0 Å². The molecule has 3 N–H and O–H groups in total. The summed E-state index contributed by atoms with van der Waals surface area (Å²) in [5.41, 5.74) is 8.09. The molecule has 1 aromatic heterocycles. The number of aromatic nitrogens is 1. The lowest BCUT2D eigenvalue weighted by Crippen LogP contribution is -2.03. The number of rotatable bonds is 5. The molecule has 108 valence electrons. The quantitative estimate of drug-likeness (QED) is 0.752. The molecule has 0 aliphatic carbocycles. The van der Waals surface area contributed by atoms with Crippen molar-refractivity contribution in [3.05, 3.63) is 54.2 Å². The van der Waals surface area contributed by atoms with Crippen molar-refractivity contribution in [3.8, 4) is 5.75 Å². The third-order valence-electron chi connectivity index (χ3n) is 3.46. The van der Waals surface area contributed by atoms with E-state index in [0.29, 0.717) is 6.54 Å². The van der Waals surface area contributed by atoms with Gasteiger partial charge in [0.1, 0.15) is 5.75 Å². The van der Waals surface area contributed by atoms with Crippen LogP contribution in [0.2, 0.25) is 0 Å². The Morgan fingerprint density at radius 1 is 1.14 bits per heavy atom. The van der Waals surface area contributed by atoms with Crippen molar-refractivity contribution in [2.24, 2.45) is 5.73 Å². The number of H-pyrrole nitrogens is 1. The number of benzene rings is 2. The molecule has 0 unspecified atom stereocenters. The van der Waals surface area contributed by atoms with E-state index >= 15 is 0 Å². The van der Waals surface area contributed by atoms with Gasteiger partial charge in [0.15, 0.2) is 0 Å². The third-order valence-corrected chi connectivity index (χ3v) is 4.63. The van der Waals surface area contributed by atoms with Crippen LogP contribution < -0.4 is 10.5 Å². The maximum atomic E-state index is 5.70. The highest BCUT2D eigenvalue weighted by Gasteiger charge is 2.09. The first-order valence-electron chi connectivity index (χ1n) is 6.93. The highest BCUT2D eigenvalue weighted by atomic mass is 32.2. The van der Waals surface area contributed by atoms with Crippen LogP contribution in [0.15, 0.2) is 58.5 Å². The number of nitrogens with one attached hydrogen (secondary N) is 1. The summed E-state index contributed by atoms with van der Waals surface area (Å²) in [6.45, 7) is 0.669. The predicted molar refractivity (Wildman–Crippen MR) is 88.2 cm³/mol. The molecule has 3 aromatic rings. The van der Waals surface area contributed by atoms with Crippen molar-refractivity contribution < 1.29 is 4.74 Å². The molecule has 2 aromatic carbocycles. The van der Waals surface area contributed by atoms with E-state index in [1.165, 1.54) is 20.7 Å². The maximum absolute atomic E-state index is 5.70. The maximum Gasteiger partial charge on any atom is 0.120 e. The van der Waals surface area contributed by atoms with Crippen molar-refractivity contribution in [2.45, 2.75) is 16.2 Å². The smallest absolute Gasteiger partial charge is 0.120 e. The lowest BCUT2D eigenvalue weighted by atomic mass is 10.1. The zero-order chi connectivity index (χ0) is 14.7. The van der Waals surface area contributed by atoms with Gasteiger partial charge in [-0.15, -0.1) is 0 Å². The van der Waals surface area contributed by atoms with E-state index in [0.717, 1.165) is 17.7 Å². The lowest BCUT2D eigenvalue weighted by molar-refractivity contribution is 0.415. The van der Waals surface area contributed by atoms with E-state index in [9.17, 15) is 0 Å². The second-order valence-electron chi connectivity index (χ2n) is 4.81. The Kier molecular flexibility index (Phi) is 4.18. The van der Waals surface area contributed by atoms with Gasteiger partial charge in [-0.1, -0.05) is 30.0 Å². The van der Waals surface area contributed by atoms with Crippen molar-refractivity contribution >= 4 is 22.7 Å². The minimum Gasteiger partial charge on any atom is -0.497 e. The van der Waals surface area contributed by atoms with E-state index in [4.69, 9.17) is 10.5 Å². The third kappa shape index (κ3) is 2.91. The number of hydrogen-bond acceptors (Lipinski definition) is 3. The average Bonchev–Trinajstić information content (AvgIpc) is 2.91. The zero-order valence-corrected chi connectivity index (χ0v) is 12.7. The normalized spacial score (nSPS) is 11.0. The van der Waals surface area contributed by atoms with Gasteiger partial charge in [0.25, 0.3) is 0 Å². The number of nitrogens with two attached hydrogens (primary N) is 1. The summed E-state index contributed by atoms with van der Waals surface area (Å²) < 4.78 is 5.26. The molecule has 0 aliphatic heterocycles. The Hall–Kier alpha value is -1.91. The fraction of sp³-hybridized carbons (Fsp3) is 0.176. The molecule has 0 saturated carbocycles. The number of ether oxygens (including phenoxy) is 1. The van der Waals surface area contributed by atoms with Crippen LogP contribution >= 0.6 is 11.8 Å². The molecule has 0 atom stereocenters. The summed E-state index contributed by atoms with van der Waals surface area (Å²) in [5, 5.41) is 1.21. The molecule has 3 rings (SSSR count). The molecule has 0 amide bonds. The number of methoxy groups -OCH3 is 1. The Balaban J connectivity index is 1.95. The van der Waals surface area contributed by atoms with Crippen molar-refractivity contribution in [1.82, 2.24) is 4.98 Å². The molecule has 4 heteroatoms. The molecule has 1 heterocycles. The number of hydrogen-bond donors (Lipinski definition) is 2. The molecule has 0 bridgehead atoms. The van der Waals surface area contributed by atoms with Crippen LogP contribution in [0.1, 0.15) is 5.56 Å². The molecular weight excluding hydrogens is 280 g/mol. The second kappa shape index (κ2) is 6.24. The lowest BCUT2D eigenvalue weighted by Gasteiger charge is -2.07. The molecule has 0 fully saturated rings. The number of fused-ring (bicyclic) bond motifs is 1. The largest absolute Gasteiger partial charge is 0.497 e. The van der Waals surface area contributed by atoms with Gasteiger partial charge in [-0.05, 0) is 36.7 Å². The summed E-state index contributed by atoms with van der Waals surface area (Å²) >= 11 is 1.78. The molecule has 0 aliphatic rings. The molecule has 0 saturated heterocycles. The average molecular weight is 298 g/mol. The first-order chi connectivity index (χ1) is 10.3. The van der Waals surface area contributed by atoms with E-state index in [2.05, 4.69) is 35.3 Å². The van der Waals surface area contributed by atoms with E-state index in [1.54, 1.807) is 18.9 Å². The van der Waals surface area contributed by atoms with Gasteiger partial charge in [0, 0.05) is 27.4 Å². The van der Waals surface area contributed by atoms with Gasteiger partial charge in [-0.25, -0.2) is 0 Å².